The van der Waals surface area contributed by atoms with E-state index in [4.69, 9.17) is 4.42 Å². The van der Waals surface area contributed by atoms with Gasteiger partial charge in [-0.05, 0) is 19.1 Å². The zero-order valence-corrected chi connectivity index (χ0v) is 12.2. The maximum absolute atomic E-state index is 11.8. The SMILES string of the molecule is COC(=O)CC(C)SC(C)C(=O)NCc1ccco1. The van der Waals surface area contributed by atoms with E-state index in [2.05, 4.69) is 10.1 Å². The lowest BCUT2D eigenvalue weighted by molar-refractivity contribution is -0.140. The summed E-state index contributed by atoms with van der Waals surface area (Å²) in [6.45, 7) is 4.09. The van der Waals surface area contributed by atoms with Crippen LogP contribution < -0.4 is 5.32 Å². The van der Waals surface area contributed by atoms with Crippen LogP contribution >= 0.6 is 11.8 Å². The smallest absolute Gasteiger partial charge is 0.306 e. The van der Waals surface area contributed by atoms with E-state index in [9.17, 15) is 9.59 Å². The molecule has 0 bridgehead atoms. The Hall–Kier alpha value is -1.43. The number of carbonyl (C=O) groups excluding carboxylic acids is 2. The third-order valence-corrected chi connectivity index (χ3v) is 3.76. The summed E-state index contributed by atoms with van der Waals surface area (Å²) in [7, 11) is 1.36. The van der Waals surface area contributed by atoms with Gasteiger partial charge in [-0.15, -0.1) is 11.8 Å². The van der Waals surface area contributed by atoms with Crippen molar-refractivity contribution in [2.45, 2.75) is 37.3 Å². The van der Waals surface area contributed by atoms with Gasteiger partial charge in [0, 0.05) is 5.25 Å². The number of methoxy groups -OCH3 is 1. The lowest BCUT2D eigenvalue weighted by Crippen LogP contribution is -2.31. The Balaban J connectivity index is 2.29. The number of amides is 1. The first kappa shape index (κ1) is 15.6. The van der Waals surface area contributed by atoms with Crippen LogP contribution in [0.4, 0.5) is 0 Å². The molecule has 0 saturated heterocycles. The van der Waals surface area contributed by atoms with Gasteiger partial charge < -0.3 is 14.5 Å². The summed E-state index contributed by atoms with van der Waals surface area (Å²) in [4.78, 5) is 22.9. The monoisotopic (exact) mass is 285 g/mol. The highest BCUT2D eigenvalue weighted by Gasteiger charge is 2.19. The van der Waals surface area contributed by atoms with Gasteiger partial charge in [0.25, 0.3) is 0 Å². The van der Waals surface area contributed by atoms with Crippen molar-refractivity contribution < 1.29 is 18.7 Å². The minimum Gasteiger partial charge on any atom is -0.469 e. The van der Waals surface area contributed by atoms with Gasteiger partial charge in [0.2, 0.25) is 5.91 Å². The van der Waals surface area contributed by atoms with Crippen molar-refractivity contribution in [1.82, 2.24) is 5.32 Å². The van der Waals surface area contributed by atoms with Crippen molar-refractivity contribution in [1.29, 1.82) is 0 Å². The van der Waals surface area contributed by atoms with E-state index < -0.39 is 0 Å². The van der Waals surface area contributed by atoms with Crippen LogP contribution in [0.1, 0.15) is 26.0 Å². The van der Waals surface area contributed by atoms with Gasteiger partial charge in [0.05, 0.1) is 31.6 Å². The molecule has 0 saturated carbocycles. The lowest BCUT2D eigenvalue weighted by atomic mass is 10.3. The lowest BCUT2D eigenvalue weighted by Gasteiger charge is -2.15. The Morgan fingerprint density at radius 3 is 2.79 bits per heavy atom. The molecule has 2 atom stereocenters. The second-order valence-electron chi connectivity index (χ2n) is 4.17. The number of ether oxygens (including phenoxy) is 1. The minimum absolute atomic E-state index is 0.0387. The molecule has 0 aliphatic rings. The molecule has 1 rings (SSSR count). The second-order valence-corrected chi connectivity index (χ2v) is 5.95. The predicted molar refractivity (Wildman–Crippen MR) is 73.7 cm³/mol. The number of hydrogen-bond donors (Lipinski definition) is 1. The fourth-order valence-corrected chi connectivity index (χ4v) is 2.64. The van der Waals surface area contributed by atoms with Crippen molar-refractivity contribution in [3.8, 4) is 0 Å². The summed E-state index contributed by atoms with van der Waals surface area (Å²) in [5.41, 5.74) is 0. The van der Waals surface area contributed by atoms with Gasteiger partial charge in [-0.1, -0.05) is 6.92 Å². The highest BCUT2D eigenvalue weighted by atomic mass is 32.2. The van der Waals surface area contributed by atoms with Crippen molar-refractivity contribution in [3.63, 3.8) is 0 Å². The Kier molecular flexibility index (Phi) is 6.49. The molecule has 1 aromatic heterocycles. The number of rotatable bonds is 7. The first-order valence-electron chi connectivity index (χ1n) is 6.05. The van der Waals surface area contributed by atoms with Crippen LogP contribution in [0.5, 0.6) is 0 Å². The van der Waals surface area contributed by atoms with Crippen molar-refractivity contribution in [2.75, 3.05) is 7.11 Å². The molecule has 0 aliphatic carbocycles. The molecule has 1 aromatic rings. The minimum atomic E-state index is -0.261. The number of thioether (sulfide) groups is 1. The molecule has 0 radical (unpaired) electrons. The van der Waals surface area contributed by atoms with Gasteiger partial charge in [-0.2, -0.15) is 0 Å². The first-order chi connectivity index (χ1) is 9.02. The largest absolute Gasteiger partial charge is 0.469 e. The van der Waals surface area contributed by atoms with Crippen LogP contribution in [0.2, 0.25) is 0 Å². The second kappa shape index (κ2) is 7.89. The highest BCUT2D eigenvalue weighted by Crippen LogP contribution is 2.20. The highest BCUT2D eigenvalue weighted by molar-refractivity contribution is 8.01. The van der Waals surface area contributed by atoms with E-state index in [0.29, 0.717) is 18.7 Å². The Morgan fingerprint density at radius 1 is 1.47 bits per heavy atom. The predicted octanol–water partition coefficient (Wildman–Crippen LogP) is 1.97. The van der Waals surface area contributed by atoms with E-state index in [1.165, 1.54) is 18.9 Å². The maximum Gasteiger partial charge on any atom is 0.306 e. The summed E-state index contributed by atoms with van der Waals surface area (Å²) < 4.78 is 9.72. The van der Waals surface area contributed by atoms with Gasteiger partial charge >= 0.3 is 5.97 Å². The van der Waals surface area contributed by atoms with E-state index in [-0.39, 0.29) is 22.4 Å². The van der Waals surface area contributed by atoms with E-state index in [1.807, 2.05) is 13.8 Å². The van der Waals surface area contributed by atoms with Crippen LogP contribution in [0.3, 0.4) is 0 Å². The quantitative estimate of drug-likeness (QED) is 0.776. The van der Waals surface area contributed by atoms with Gasteiger partial charge in [0.1, 0.15) is 5.76 Å². The fourth-order valence-electron chi connectivity index (χ4n) is 1.51. The number of carbonyl (C=O) groups is 2. The average molecular weight is 285 g/mol. The molecule has 0 fully saturated rings. The molecule has 0 spiro atoms. The van der Waals surface area contributed by atoms with Crippen LogP contribution in [0, 0.1) is 0 Å². The van der Waals surface area contributed by atoms with Gasteiger partial charge in [-0.25, -0.2) is 0 Å². The van der Waals surface area contributed by atoms with E-state index >= 15 is 0 Å². The summed E-state index contributed by atoms with van der Waals surface area (Å²) in [6.07, 6.45) is 1.87. The molecule has 1 N–H and O–H groups in total. The molecule has 19 heavy (non-hydrogen) atoms. The van der Waals surface area contributed by atoms with Crippen LogP contribution in [0.15, 0.2) is 22.8 Å². The van der Waals surface area contributed by atoms with Crippen molar-refractivity contribution >= 4 is 23.6 Å². The van der Waals surface area contributed by atoms with Crippen molar-refractivity contribution in [2.24, 2.45) is 0 Å². The molecule has 0 aliphatic heterocycles. The fraction of sp³-hybridized carbons (Fsp3) is 0.538. The Morgan fingerprint density at radius 2 is 2.21 bits per heavy atom. The molecule has 1 amide bonds. The van der Waals surface area contributed by atoms with Crippen LogP contribution in [-0.2, 0) is 20.9 Å². The summed E-state index contributed by atoms with van der Waals surface area (Å²) in [5, 5.41) is 2.60. The number of furan rings is 1. The zero-order valence-electron chi connectivity index (χ0n) is 11.3. The molecular formula is C13H19NO4S. The summed E-state index contributed by atoms with van der Waals surface area (Å²) in [6, 6.07) is 3.58. The van der Waals surface area contributed by atoms with Crippen LogP contribution in [0.25, 0.3) is 0 Å². The standard InChI is InChI=1S/C13H19NO4S/c1-9(7-12(15)17-3)19-10(2)13(16)14-8-11-5-4-6-18-11/h4-6,9-10H,7-8H2,1-3H3,(H,14,16). The van der Waals surface area contributed by atoms with Crippen LogP contribution in [-0.4, -0.2) is 29.5 Å². The molecule has 5 nitrogen and oxygen atoms in total. The first-order valence-corrected chi connectivity index (χ1v) is 6.99. The molecule has 2 unspecified atom stereocenters. The van der Waals surface area contributed by atoms with E-state index in [1.54, 1.807) is 18.4 Å². The summed E-state index contributed by atoms with van der Waals surface area (Å²) in [5.74, 6) is 0.384. The number of hydrogen-bond acceptors (Lipinski definition) is 5. The van der Waals surface area contributed by atoms with Gasteiger partial charge in [0.15, 0.2) is 0 Å². The molecule has 6 heteroatoms. The normalized spacial score (nSPS) is 13.6. The molecular weight excluding hydrogens is 266 g/mol. The Labute approximate surface area is 117 Å². The average Bonchev–Trinajstić information content (AvgIpc) is 2.88. The third kappa shape index (κ3) is 5.83. The van der Waals surface area contributed by atoms with E-state index in [0.717, 1.165) is 0 Å². The molecule has 0 aromatic carbocycles. The zero-order chi connectivity index (χ0) is 14.3. The maximum atomic E-state index is 11.8. The van der Waals surface area contributed by atoms with Gasteiger partial charge in [-0.3, -0.25) is 9.59 Å². The molecule has 1 heterocycles. The topological polar surface area (TPSA) is 68.5 Å². The third-order valence-electron chi connectivity index (χ3n) is 2.50. The van der Waals surface area contributed by atoms with Crippen molar-refractivity contribution in [3.05, 3.63) is 24.2 Å². The number of esters is 1. The molecule has 106 valence electrons. The summed E-state index contributed by atoms with van der Waals surface area (Å²) >= 11 is 1.45. The Bertz CT molecular complexity index is 405. The number of nitrogens with one attached hydrogen (secondary N) is 1.